The van der Waals surface area contributed by atoms with Crippen LogP contribution in [0.1, 0.15) is 40.0 Å². The monoisotopic (exact) mass is 570 g/mol. The average Bonchev–Trinajstić information content (AvgIpc) is 2.99. The fraction of sp³-hybridized carbons (Fsp3) is 0.708. The van der Waals surface area contributed by atoms with Crippen LogP contribution in [0, 0.1) is 28.6 Å². The number of alkyl halides is 5. The molecule has 9 atom stereocenters. The van der Waals surface area contributed by atoms with Gasteiger partial charge in [0.25, 0.3) is 0 Å². The summed E-state index contributed by atoms with van der Waals surface area (Å²) in [5, 5.41) is 10.8. The third-order valence-corrected chi connectivity index (χ3v) is 10.5. The zero-order chi connectivity index (χ0) is 26.1. The number of fused-ring (bicyclic) bond motifs is 5. The van der Waals surface area contributed by atoms with Gasteiger partial charge in [0.05, 0.1) is 11.3 Å². The summed E-state index contributed by atoms with van der Waals surface area (Å²) in [6.07, 6.45) is 0.118. The Balaban J connectivity index is 1.87. The van der Waals surface area contributed by atoms with Gasteiger partial charge >= 0.3 is 5.97 Å². The lowest BCUT2D eigenvalue weighted by Gasteiger charge is -2.63. The van der Waals surface area contributed by atoms with Gasteiger partial charge in [-0.05, 0) is 49.8 Å². The molecule has 0 saturated heterocycles. The fourth-order valence-electron chi connectivity index (χ4n) is 7.58. The number of carbonyl (C=O) groups excluding carboxylic acids is 3. The smallest absolute Gasteiger partial charge is 0.340 e. The van der Waals surface area contributed by atoms with Gasteiger partial charge in [-0.25, -0.2) is 13.6 Å². The summed E-state index contributed by atoms with van der Waals surface area (Å²) >= 11 is 18.1. The van der Waals surface area contributed by atoms with Gasteiger partial charge in [-0.15, -0.1) is 11.6 Å². The molecule has 0 bridgehead atoms. The molecule has 0 heterocycles. The molecule has 0 aromatic carbocycles. The Morgan fingerprint density at radius 2 is 1.94 bits per heavy atom. The van der Waals surface area contributed by atoms with Crippen molar-refractivity contribution in [2.45, 2.75) is 68.4 Å². The first-order valence-electron chi connectivity index (χ1n) is 11.4. The molecule has 194 valence electrons. The van der Waals surface area contributed by atoms with E-state index in [0.29, 0.717) is 0 Å². The Morgan fingerprint density at radius 3 is 2.54 bits per heavy atom. The zero-order valence-electron chi connectivity index (χ0n) is 19.4. The SMILES string of the molecule is C[C@@H]1C[C@H]2[C@@H]3C[C@H](F)C4=CC(=O)C=C[C@]4(C)[C@@]3(F)[C@@H](O)C[C@]2(C)[C@@]1(OC(=O)C(Cl)Cl)C(=O)SCCl. The molecular weight excluding hydrogens is 545 g/mol. The number of carbonyl (C=O) groups is 3. The second kappa shape index (κ2) is 8.97. The lowest BCUT2D eigenvalue weighted by atomic mass is 9.44. The molecule has 0 amide bonds. The topological polar surface area (TPSA) is 80.7 Å². The normalized spacial score (nSPS) is 46.5. The molecule has 35 heavy (non-hydrogen) atoms. The molecule has 0 unspecified atom stereocenters. The number of rotatable bonds is 4. The van der Waals surface area contributed by atoms with Gasteiger partial charge in [0.1, 0.15) is 6.17 Å². The van der Waals surface area contributed by atoms with Crippen molar-refractivity contribution in [3.63, 3.8) is 0 Å². The third kappa shape index (κ3) is 3.53. The second-order valence-electron chi connectivity index (χ2n) is 10.5. The Morgan fingerprint density at radius 1 is 1.29 bits per heavy atom. The summed E-state index contributed by atoms with van der Waals surface area (Å²) in [6.45, 7) is 4.87. The lowest BCUT2D eigenvalue weighted by molar-refractivity contribution is -0.228. The van der Waals surface area contributed by atoms with Crippen LogP contribution in [-0.2, 0) is 19.1 Å². The third-order valence-electron chi connectivity index (χ3n) is 9.10. The van der Waals surface area contributed by atoms with E-state index in [1.54, 1.807) is 13.8 Å². The Hall–Kier alpha value is -0.670. The van der Waals surface area contributed by atoms with Crippen LogP contribution in [0.5, 0.6) is 0 Å². The first kappa shape index (κ1) is 27.4. The molecule has 3 saturated carbocycles. The number of aliphatic hydroxyl groups is 1. The van der Waals surface area contributed by atoms with Crippen molar-refractivity contribution in [3.05, 3.63) is 23.8 Å². The minimum atomic E-state index is -2.31. The number of esters is 1. The maximum absolute atomic E-state index is 17.3. The van der Waals surface area contributed by atoms with Gasteiger partial charge in [-0.1, -0.05) is 54.9 Å². The van der Waals surface area contributed by atoms with Crippen LogP contribution >= 0.6 is 46.6 Å². The van der Waals surface area contributed by atoms with Gasteiger partial charge in [-0.2, -0.15) is 0 Å². The number of thioether (sulfide) groups is 1. The molecule has 4 rings (SSSR count). The van der Waals surface area contributed by atoms with Crippen molar-refractivity contribution in [2.75, 3.05) is 5.21 Å². The Labute approximate surface area is 221 Å². The lowest BCUT2D eigenvalue weighted by Crippen LogP contribution is -2.70. The molecule has 4 aliphatic rings. The second-order valence-corrected chi connectivity index (χ2v) is 13.1. The Kier molecular flexibility index (Phi) is 7.01. The molecule has 0 aromatic heterocycles. The highest BCUT2D eigenvalue weighted by Crippen LogP contribution is 2.72. The van der Waals surface area contributed by atoms with Crippen LogP contribution in [0.25, 0.3) is 0 Å². The van der Waals surface area contributed by atoms with E-state index in [0.717, 1.165) is 17.8 Å². The Bertz CT molecular complexity index is 1020. The number of hydrogen-bond donors (Lipinski definition) is 1. The summed E-state index contributed by atoms with van der Waals surface area (Å²) in [5.74, 6) is -3.73. The van der Waals surface area contributed by atoms with Crippen molar-refractivity contribution in [1.29, 1.82) is 0 Å². The maximum Gasteiger partial charge on any atom is 0.340 e. The number of ketones is 1. The molecule has 5 nitrogen and oxygen atoms in total. The van der Waals surface area contributed by atoms with Crippen molar-refractivity contribution in [2.24, 2.45) is 28.6 Å². The highest BCUT2D eigenvalue weighted by molar-refractivity contribution is 8.14. The van der Waals surface area contributed by atoms with E-state index in [-0.39, 0.29) is 30.0 Å². The largest absolute Gasteiger partial charge is 0.447 e. The summed E-state index contributed by atoms with van der Waals surface area (Å²) < 4.78 is 38.6. The molecule has 0 aromatic rings. The highest BCUT2D eigenvalue weighted by Gasteiger charge is 2.78. The van der Waals surface area contributed by atoms with Gasteiger partial charge in [-0.3, -0.25) is 9.59 Å². The van der Waals surface area contributed by atoms with E-state index < -0.39 is 73.8 Å². The molecule has 0 spiro atoms. The first-order chi connectivity index (χ1) is 16.2. The zero-order valence-corrected chi connectivity index (χ0v) is 22.5. The van der Waals surface area contributed by atoms with E-state index in [9.17, 15) is 19.5 Å². The van der Waals surface area contributed by atoms with Crippen LogP contribution in [0.4, 0.5) is 8.78 Å². The summed E-state index contributed by atoms with van der Waals surface area (Å²) in [7, 11) is 0. The highest BCUT2D eigenvalue weighted by atomic mass is 35.5. The van der Waals surface area contributed by atoms with Crippen LogP contribution < -0.4 is 0 Å². The quantitative estimate of drug-likeness (QED) is 0.374. The minimum absolute atomic E-state index is 0.0102. The van der Waals surface area contributed by atoms with Gasteiger partial charge in [0.15, 0.2) is 17.1 Å². The van der Waals surface area contributed by atoms with Crippen molar-refractivity contribution < 1.29 is 33.0 Å². The van der Waals surface area contributed by atoms with Crippen LogP contribution in [0.2, 0.25) is 0 Å². The van der Waals surface area contributed by atoms with Crippen molar-refractivity contribution >= 4 is 63.4 Å². The molecule has 4 aliphatic carbocycles. The average molecular weight is 572 g/mol. The minimum Gasteiger partial charge on any atom is -0.447 e. The van der Waals surface area contributed by atoms with Gasteiger partial charge < -0.3 is 9.84 Å². The van der Waals surface area contributed by atoms with Gasteiger partial charge in [0, 0.05) is 22.7 Å². The van der Waals surface area contributed by atoms with E-state index in [2.05, 4.69) is 0 Å². The fourth-order valence-corrected chi connectivity index (χ4v) is 8.75. The predicted molar refractivity (Wildman–Crippen MR) is 131 cm³/mol. The molecule has 0 aliphatic heterocycles. The summed E-state index contributed by atoms with van der Waals surface area (Å²) in [6, 6.07) is 0. The molecular formula is C24H27Cl3F2O5S. The van der Waals surface area contributed by atoms with Crippen LogP contribution in [0.15, 0.2) is 23.8 Å². The number of halogens is 5. The molecule has 0 radical (unpaired) electrons. The first-order valence-corrected chi connectivity index (χ1v) is 13.8. The number of allylic oxidation sites excluding steroid dienone is 4. The van der Waals surface area contributed by atoms with Crippen LogP contribution in [-0.4, -0.2) is 55.6 Å². The maximum atomic E-state index is 17.3. The molecule has 11 heteroatoms. The standard InChI is InChI=1S/C24H27Cl3F2O5S/c1-11-6-13-14-8-16(28)15-7-12(30)4-5-21(15,2)23(14,29)17(31)9-22(13,3)24(11,20(33)35-10-25)34-19(32)18(26)27/h4-5,7,11,13-14,16-18,31H,6,8-10H2,1-3H3/t11-,13+,14+,16+,17+,21+,22+,23+,24+/m1/s1. The van der Waals surface area contributed by atoms with E-state index in [4.69, 9.17) is 39.5 Å². The number of hydrogen-bond acceptors (Lipinski definition) is 6. The number of aliphatic hydroxyl groups excluding tert-OH is 1. The summed E-state index contributed by atoms with van der Waals surface area (Å²) in [5.41, 5.74) is -6.92. The number of ether oxygens (including phenoxy) is 1. The van der Waals surface area contributed by atoms with Crippen molar-refractivity contribution in [3.8, 4) is 0 Å². The molecule has 3 fully saturated rings. The predicted octanol–water partition coefficient (Wildman–Crippen LogP) is 5.09. The van der Waals surface area contributed by atoms with Crippen LogP contribution in [0.3, 0.4) is 0 Å². The van der Waals surface area contributed by atoms with E-state index in [1.807, 2.05) is 0 Å². The summed E-state index contributed by atoms with van der Waals surface area (Å²) in [4.78, 5) is 36.5. The van der Waals surface area contributed by atoms with E-state index in [1.165, 1.54) is 19.1 Å². The van der Waals surface area contributed by atoms with Gasteiger partial charge in [0.2, 0.25) is 9.95 Å². The van der Waals surface area contributed by atoms with Crippen molar-refractivity contribution in [1.82, 2.24) is 0 Å². The molecule has 1 N–H and O–H groups in total. The van der Waals surface area contributed by atoms with E-state index >= 15 is 8.78 Å².